The summed E-state index contributed by atoms with van der Waals surface area (Å²) in [7, 11) is 0. The van der Waals surface area contributed by atoms with Gasteiger partial charge >= 0.3 is 0 Å². The number of terminal acetylenes is 1. The number of pyridine rings is 1. The van der Waals surface area contributed by atoms with Gasteiger partial charge in [-0.05, 0) is 35.9 Å². The lowest BCUT2D eigenvalue weighted by Gasteiger charge is -2.02. The largest absolute Gasteiger partial charge is 0.481 e. The van der Waals surface area contributed by atoms with Crippen LogP contribution < -0.4 is 4.74 Å². The lowest BCUT2D eigenvalue weighted by Crippen LogP contribution is -1.92. The monoisotopic (exact) mass is 260 g/mol. The summed E-state index contributed by atoms with van der Waals surface area (Å²) in [5.41, 5.74) is 2.07. The Morgan fingerprint density at radius 2 is 2.05 bits per heavy atom. The smallest absolute Gasteiger partial charge is 0.148 e. The van der Waals surface area contributed by atoms with Crippen LogP contribution >= 0.6 is 0 Å². The van der Waals surface area contributed by atoms with Crippen molar-refractivity contribution in [3.05, 3.63) is 59.9 Å². The molecule has 0 saturated heterocycles. The third kappa shape index (κ3) is 3.48. The molecule has 2 rings (SSSR count). The maximum absolute atomic E-state index is 9.21. The van der Waals surface area contributed by atoms with Gasteiger partial charge in [-0.25, -0.2) is 0 Å². The van der Waals surface area contributed by atoms with Crippen LogP contribution in [0.15, 0.2) is 48.7 Å². The van der Waals surface area contributed by atoms with E-state index in [1.54, 1.807) is 18.3 Å². The van der Waals surface area contributed by atoms with Gasteiger partial charge in [-0.1, -0.05) is 24.1 Å². The molecule has 0 aliphatic rings. The predicted octanol–water partition coefficient (Wildman–Crippen LogP) is 3.16. The summed E-state index contributed by atoms with van der Waals surface area (Å²) < 4.78 is 5.29. The van der Waals surface area contributed by atoms with Crippen molar-refractivity contribution in [3.8, 4) is 24.2 Å². The molecule has 0 unspecified atom stereocenters. The number of hydrogen-bond donors (Lipinski definition) is 0. The molecular formula is C17H12N2O. The van der Waals surface area contributed by atoms with Crippen LogP contribution in [-0.4, -0.2) is 11.6 Å². The molecule has 2 aromatic rings. The van der Waals surface area contributed by atoms with Crippen LogP contribution in [0.4, 0.5) is 0 Å². The molecule has 0 fully saturated rings. The highest BCUT2D eigenvalue weighted by Gasteiger charge is 2.01. The SMILES string of the molecule is C#CCOc1ccc(/C=C(/C#N)c2ccccn2)cc1. The second-order valence-corrected chi connectivity index (χ2v) is 3.95. The fourth-order valence-corrected chi connectivity index (χ4v) is 1.64. The number of ether oxygens (including phenoxy) is 1. The fraction of sp³-hybridized carbons (Fsp3) is 0.0588. The van der Waals surface area contributed by atoms with E-state index in [9.17, 15) is 5.26 Å². The minimum Gasteiger partial charge on any atom is -0.481 e. The van der Waals surface area contributed by atoms with Crippen molar-refractivity contribution in [2.45, 2.75) is 0 Å². The molecular weight excluding hydrogens is 248 g/mol. The number of nitrogens with zero attached hydrogens (tertiary/aromatic N) is 2. The Morgan fingerprint density at radius 1 is 1.25 bits per heavy atom. The first kappa shape index (κ1) is 13.4. The highest BCUT2D eigenvalue weighted by Crippen LogP contribution is 2.18. The van der Waals surface area contributed by atoms with Gasteiger partial charge in [0, 0.05) is 6.20 Å². The van der Waals surface area contributed by atoms with E-state index in [2.05, 4.69) is 17.0 Å². The van der Waals surface area contributed by atoms with Crippen molar-refractivity contribution < 1.29 is 4.74 Å². The Balaban J connectivity index is 2.21. The molecule has 0 spiro atoms. The maximum Gasteiger partial charge on any atom is 0.148 e. The van der Waals surface area contributed by atoms with E-state index in [1.807, 2.05) is 36.4 Å². The summed E-state index contributed by atoms with van der Waals surface area (Å²) in [4.78, 5) is 4.17. The molecule has 1 heterocycles. The van der Waals surface area contributed by atoms with Crippen LogP contribution in [0.5, 0.6) is 5.75 Å². The van der Waals surface area contributed by atoms with Crippen molar-refractivity contribution >= 4 is 11.6 Å². The molecule has 96 valence electrons. The van der Waals surface area contributed by atoms with Crippen molar-refractivity contribution in [1.29, 1.82) is 5.26 Å². The van der Waals surface area contributed by atoms with Gasteiger partial charge in [0.05, 0.1) is 11.3 Å². The van der Waals surface area contributed by atoms with Gasteiger partial charge in [0.25, 0.3) is 0 Å². The number of hydrogen-bond acceptors (Lipinski definition) is 3. The van der Waals surface area contributed by atoms with Gasteiger partial charge in [0.1, 0.15) is 18.4 Å². The molecule has 0 aliphatic heterocycles. The average molecular weight is 260 g/mol. The Morgan fingerprint density at radius 3 is 2.65 bits per heavy atom. The van der Waals surface area contributed by atoms with Gasteiger partial charge in [-0.3, -0.25) is 4.98 Å². The number of aromatic nitrogens is 1. The van der Waals surface area contributed by atoms with E-state index < -0.39 is 0 Å². The van der Waals surface area contributed by atoms with Crippen LogP contribution in [-0.2, 0) is 0 Å². The summed E-state index contributed by atoms with van der Waals surface area (Å²) in [6.45, 7) is 0.243. The van der Waals surface area contributed by atoms with Crippen LogP contribution in [0, 0.1) is 23.7 Å². The van der Waals surface area contributed by atoms with Crippen molar-refractivity contribution in [3.63, 3.8) is 0 Å². The Labute approximate surface area is 118 Å². The van der Waals surface area contributed by atoms with E-state index in [0.717, 1.165) is 5.56 Å². The van der Waals surface area contributed by atoms with Gasteiger partial charge in [-0.15, -0.1) is 6.42 Å². The zero-order valence-electron chi connectivity index (χ0n) is 10.8. The molecule has 20 heavy (non-hydrogen) atoms. The fourth-order valence-electron chi connectivity index (χ4n) is 1.64. The van der Waals surface area contributed by atoms with Crippen LogP contribution in [0.2, 0.25) is 0 Å². The number of nitriles is 1. The topological polar surface area (TPSA) is 45.9 Å². The molecule has 0 aliphatic carbocycles. The average Bonchev–Trinajstić information content (AvgIpc) is 2.52. The first-order valence-electron chi connectivity index (χ1n) is 6.03. The maximum atomic E-state index is 9.21. The Bertz CT molecular complexity index is 674. The lowest BCUT2D eigenvalue weighted by molar-refractivity contribution is 0.370. The summed E-state index contributed by atoms with van der Waals surface area (Å²) >= 11 is 0. The molecule has 0 radical (unpaired) electrons. The van der Waals surface area contributed by atoms with E-state index in [-0.39, 0.29) is 6.61 Å². The van der Waals surface area contributed by atoms with Gasteiger partial charge in [0.2, 0.25) is 0 Å². The lowest BCUT2D eigenvalue weighted by atomic mass is 10.1. The van der Waals surface area contributed by atoms with Crippen molar-refractivity contribution in [2.24, 2.45) is 0 Å². The molecule has 1 aromatic carbocycles. The van der Waals surface area contributed by atoms with Crippen LogP contribution in [0.1, 0.15) is 11.3 Å². The number of rotatable bonds is 4. The molecule has 0 saturated carbocycles. The van der Waals surface area contributed by atoms with Gasteiger partial charge in [-0.2, -0.15) is 5.26 Å². The second-order valence-electron chi connectivity index (χ2n) is 3.95. The number of allylic oxidation sites excluding steroid dienone is 1. The third-order valence-electron chi connectivity index (χ3n) is 2.57. The summed E-state index contributed by atoms with van der Waals surface area (Å²) in [6.07, 6.45) is 8.58. The Kier molecular flexibility index (Phi) is 4.54. The molecule has 1 aromatic heterocycles. The third-order valence-corrected chi connectivity index (χ3v) is 2.57. The molecule has 0 amide bonds. The van der Waals surface area contributed by atoms with Crippen molar-refractivity contribution in [2.75, 3.05) is 6.61 Å². The highest BCUT2D eigenvalue weighted by atomic mass is 16.5. The van der Waals surface area contributed by atoms with E-state index in [4.69, 9.17) is 11.2 Å². The quantitative estimate of drug-likeness (QED) is 0.626. The zero-order chi connectivity index (χ0) is 14.2. The minimum absolute atomic E-state index is 0.243. The number of benzene rings is 1. The second kappa shape index (κ2) is 6.78. The van der Waals surface area contributed by atoms with E-state index in [0.29, 0.717) is 17.0 Å². The zero-order valence-corrected chi connectivity index (χ0v) is 10.8. The minimum atomic E-state index is 0.243. The summed E-state index contributed by atoms with van der Waals surface area (Å²) in [5, 5.41) is 9.21. The predicted molar refractivity (Wildman–Crippen MR) is 78.5 cm³/mol. The normalized spacial score (nSPS) is 10.4. The molecule has 0 atom stereocenters. The van der Waals surface area contributed by atoms with Crippen LogP contribution in [0.3, 0.4) is 0 Å². The van der Waals surface area contributed by atoms with E-state index in [1.165, 1.54) is 0 Å². The molecule has 3 heteroatoms. The molecule has 0 N–H and O–H groups in total. The first-order chi connectivity index (χ1) is 9.83. The summed E-state index contributed by atoms with van der Waals surface area (Å²) in [5.74, 6) is 3.11. The van der Waals surface area contributed by atoms with E-state index >= 15 is 0 Å². The van der Waals surface area contributed by atoms with Gasteiger partial charge in [0.15, 0.2) is 0 Å². The van der Waals surface area contributed by atoms with Gasteiger partial charge < -0.3 is 4.74 Å². The van der Waals surface area contributed by atoms with Crippen molar-refractivity contribution in [1.82, 2.24) is 4.98 Å². The Hall–Kier alpha value is -3.04. The van der Waals surface area contributed by atoms with Crippen LogP contribution in [0.25, 0.3) is 11.6 Å². The molecule has 0 bridgehead atoms. The molecule has 3 nitrogen and oxygen atoms in total. The highest BCUT2D eigenvalue weighted by molar-refractivity contribution is 5.88. The summed E-state index contributed by atoms with van der Waals surface area (Å²) in [6, 6.07) is 15.0. The standard InChI is InChI=1S/C17H12N2O/c1-2-11-20-16-8-6-14(7-9-16)12-15(13-18)17-5-3-4-10-19-17/h1,3-10,12H,11H2/b15-12-. The first-order valence-corrected chi connectivity index (χ1v) is 6.03.